The number of likely N-dealkylation sites (tertiary alicyclic amines) is 1. The summed E-state index contributed by atoms with van der Waals surface area (Å²) in [4.78, 5) is 14.6. The van der Waals surface area contributed by atoms with Gasteiger partial charge < -0.3 is 10.4 Å². The normalized spacial score (nSPS) is 15.3. The monoisotopic (exact) mass is 372 g/mol. The third-order valence-corrected chi connectivity index (χ3v) is 5.21. The Hall–Kier alpha value is -2.95. The van der Waals surface area contributed by atoms with Crippen LogP contribution in [0.5, 0.6) is 0 Å². The van der Waals surface area contributed by atoms with Gasteiger partial charge in [0.1, 0.15) is 6.23 Å². The molecule has 0 spiro atoms. The van der Waals surface area contributed by atoms with Crippen molar-refractivity contribution in [1.29, 1.82) is 0 Å². The number of hydrogen-bond acceptors (Lipinski definition) is 3. The largest absolute Gasteiger partial charge is 0.374 e. The van der Waals surface area contributed by atoms with E-state index in [0.717, 1.165) is 48.3 Å². The fourth-order valence-corrected chi connectivity index (χ4v) is 3.58. The van der Waals surface area contributed by atoms with Crippen LogP contribution in [0.2, 0.25) is 0 Å². The van der Waals surface area contributed by atoms with Gasteiger partial charge in [0, 0.05) is 24.3 Å². The molecular weight excluding hydrogens is 348 g/mol. The van der Waals surface area contributed by atoms with Crippen molar-refractivity contribution in [2.75, 3.05) is 18.4 Å². The lowest BCUT2D eigenvalue weighted by Crippen LogP contribution is -2.25. The van der Waals surface area contributed by atoms with Gasteiger partial charge in [-0.25, -0.2) is 0 Å². The quantitative estimate of drug-likeness (QED) is 0.683. The van der Waals surface area contributed by atoms with E-state index in [-0.39, 0.29) is 5.91 Å². The number of anilines is 1. The molecule has 2 N–H and O–H groups in total. The van der Waals surface area contributed by atoms with Crippen molar-refractivity contribution >= 4 is 11.6 Å². The Kier molecular flexibility index (Phi) is 5.51. The molecule has 1 unspecified atom stereocenters. The fraction of sp³-hybridized carbons (Fsp3) is 0.208. The number of nitrogens with one attached hydrogen (secondary N) is 1. The summed E-state index contributed by atoms with van der Waals surface area (Å²) < 4.78 is 0. The summed E-state index contributed by atoms with van der Waals surface area (Å²) in [6.45, 7) is 1.86. The third-order valence-electron chi connectivity index (χ3n) is 5.21. The van der Waals surface area contributed by atoms with Crippen molar-refractivity contribution in [1.82, 2.24) is 4.90 Å². The minimum absolute atomic E-state index is 0.146. The van der Waals surface area contributed by atoms with Gasteiger partial charge in [0.2, 0.25) is 0 Å². The molecule has 1 amide bonds. The molecule has 3 aromatic rings. The van der Waals surface area contributed by atoms with Gasteiger partial charge in [-0.05, 0) is 53.8 Å². The van der Waals surface area contributed by atoms with Gasteiger partial charge in [0.05, 0.1) is 0 Å². The van der Waals surface area contributed by atoms with Crippen LogP contribution in [-0.2, 0) is 0 Å². The molecule has 1 aliphatic heterocycles. The molecule has 0 aliphatic carbocycles. The van der Waals surface area contributed by atoms with E-state index in [1.807, 2.05) is 78.9 Å². The maximum atomic E-state index is 12.5. The van der Waals surface area contributed by atoms with Crippen LogP contribution in [0.3, 0.4) is 0 Å². The first-order valence-electron chi connectivity index (χ1n) is 9.70. The second-order valence-electron chi connectivity index (χ2n) is 7.14. The van der Waals surface area contributed by atoms with Gasteiger partial charge in [-0.1, -0.05) is 54.6 Å². The molecule has 1 fully saturated rings. The van der Waals surface area contributed by atoms with Crippen LogP contribution >= 0.6 is 0 Å². The number of rotatable bonds is 5. The molecule has 4 nitrogen and oxygen atoms in total. The summed E-state index contributed by atoms with van der Waals surface area (Å²) in [7, 11) is 0. The van der Waals surface area contributed by atoms with Crippen LogP contribution in [0.4, 0.5) is 5.69 Å². The third kappa shape index (κ3) is 4.14. The van der Waals surface area contributed by atoms with E-state index in [1.54, 1.807) is 0 Å². The molecule has 28 heavy (non-hydrogen) atoms. The first kappa shape index (κ1) is 18.4. The van der Waals surface area contributed by atoms with E-state index in [9.17, 15) is 9.90 Å². The zero-order valence-corrected chi connectivity index (χ0v) is 15.7. The lowest BCUT2D eigenvalue weighted by Gasteiger charge is -2.22. The molecule has 1 saturated heterocycles. The van der Waals surface area contributed by atoms with Crippen molar-refractivity contribution in [2.45, 2.75) is 19.1 Å². The van der Waals surface area contributed by atoms with Gasteiger partial charge in [-0.3, -0.25) is 9.69 Å². The average Bonchev–Trinajstić information content (AvgIpc) is 3.29. The number of hydrogen-bond donors (Lipinski definition) is 2. The highest BCUT2D eigenvalue weighted by Gasteiger charge is 2.20. The first-order valence-corrected chi connectivity index (χ1v) is 9.70. The Morgan fingerprint density at radius 3 is 2.07 bits per heavy atom. The highest BCUT2D eigenvalue weighted by Crippen LogP contribution is 2.24. The Morgan fingerprint density at radius 2 is 1.43 bits per heavy atom. The molecule has 4 heteroatoms. The van der Waals surface area contributed by atoms with E-state index in [1.165, 1.54) is 0 Å². The molecule has 4 rings (SSSR count). The standard InChI is InChI=1S/C24H24N2O2/c27-23(20-10-8-19(9-11-20)18-6-2-1-3-7-18)25-22-14-12-21(13-15-22)24(28)26-16-4-5-17-26/h1-3,6-15,24,28H,4-5,16-17H2,(H,25,27). The van der Waals surface area contributed by atoms with Crippen LogP contribution in [0.1, 0.15) is 35.0 Å². The Labute approximate surface area is 165 Å². The van der Waals surface area contributed by atoms with Crippen LogP contribution in [0.15, 0.2) is 78.9 Å². The number of carbonyl (C=O) groups excluding carboxylic acids is 1. The number of carbonyl (C=O) groups is 1. The molecule has 0 saturated carbocycles. The summed E-state index contributed by atoms with van der Waals surface area (Å²) in [5.41, 5.74) is 4.39. The lowest BCUT2D eigenvalue weighted by atomic mass is 10.0. The zero-order valence-electron chi connectivity index (χ0n) is 15.7. The minimum atomic E-state index is -0.571. The molecular formula is C24H24N2O2. The Morgan fingerprint density at radius 1 is 0.821 bits per heavy atom. The van der Waals surface area contributed by atoms with Gasteiger partial charge in [-0.15, -0.1) is 0 Å². The maximum Gasteiger partial charge on any atom is 0.255 e. The summed E-state index contributed by atoms with van der Waals surface area (Å²) in [6.07, 6.45) is 1.69. The predicted octanol–water partition coefficient (Wildman–Crippen LogP) is 4.69. The van der Waals surface area contributed by atoms with Crippen LogP contribution < -0.4 is 5.32 Å². The van der Waals surface area contributed by atoms with Crippen molar-refractivity contribution in [3.05, 3.63) is 90.0 Å². The molecule has 1 heterocycles. The maximum absolute atomic E-state index is 12.5. The molecule has 1 aliphatic rings. The Balaban J connectivity index is 1.40. The molecule has 3 aromatic carbocycles. The highest BCUT2D eigenvalue weighted by atomic mass is 16.3. The van der Waals surface area contributed by atoms with Crippen molar-refractivity contribution < 1.29 is 9.90 Å². The minimum Gasteiger partial charge on any atom is -0.374 e. The number of aliphatic hydroxyl groups excluding tert-OH is 1. The van der Waals surface area contributed by atoms with Gasteiger partial charge in [-0.2, -0.15) is 0 Å². The first-order chi connectivity index (χ1) is 13.7. The van der Waals surface area contributed by atoms with Gasteiger partial charge in [0.15, 0.2) is 0 Å². The molecule has 1 atom stereocenters. The Bertz CT molecular complexity index is 915. The molecule has 0 bridgehead atoms. The van der Waals surface area contributed by atoms with Gasteiger partial charge >= 0.3 is 0 Å². The fourth-order valence-electron chi connectivity index (χ4n) is 3.58. The SMILES string of the molecule is O=C(Nc1ccc(C(O)N2CCCC2)cc1)c1ccc(-c2ccccc2)cc1. The van der Waals surface area contributed by atoms with Crippen LogP contribution in [-0.4, -0.2) is 29.0 Å². The number of nitrogens with zero attached hydrogens (tertiary/aromatic N) is 1. The van der Waals surface area contributed by atoms with Crippen LogP contribution in [0.25, 0.3) is 11.1 Å². The summed E-state index contributed by atoms with van der Waals surface area (Å²) >= 11 is 0. The van der Waals surface area contributed by atoms with E-state index in [2.05, 4.69) is 10.2 Å². The number of amides is 1. The average molecular weight is 372 g/mol. The number of benzene rings is 3. The predicted molar refractivity (Wildman–Crippen MR) is 112 cm³/mol. The van der Waals surface area contributed by atoms with Gasteiger partial charge in [0.25, 0.3) is 5.91 Å². The molecule has 0 radical (unpaired) electrons. The van der Waals surface area contributed by atoms with E-state index in [0.29, 0.717) is 5.56 Å². The molecule has 0 aromatic heterocycles. The summed E-state index contributed by atoms with van der Waals surface area (Å²) in [5, 5.41) is 13.3. The van der Waals surface area contributed by atoms with E-state index < -0.39 is 6.23 Å². The summed E-state index contributed by atoms with van der Waals surface area (Å²) in [6, 6.07) is 25.1. The second kappa shape index (κ2) is 8.38. The topological polar surface area (TPSA) is 52.6 Å². The number of aliphatic hydroxyl groups is 1. The van der Waals surface area contributed by atoms with Crippen molar-refractivity contribution in [3.63, 3.8) is 0 Å². The smallest absolute Gasteiger partial charge is 0.255 e. The van der Waals surface area contributed by atoms with Crippen molar-refractivity contribution in [3.8, 4) is 11.1 Å². The second-order valence-corrected chi connectivity index (χ2v) is 7.14. The lowest BCUT2D eigenvalue weighted by molar-refractivity contribution is 0.0190. The van der Waals surface area contributed by atoms with E-state index in [4.69, 9.17) is 0 Å². The highest BCUT2D eigenvalue weighted by molar-refractivity contribution is 6.04. The molecule has 142 valence electrons. The summed E-state index contributed by atoms with van der Waals surface area (Å²) in [5.74, 6) is -0.146. The van der Waals surface area contributed by atoms with E-state index >= 15 is 0 Å². The van der Waals surface area contributed by atoms with Crippen LogP contribution in [0, 0.1) is 0 Å². The van der Waals surface area contributed by atoms with Crippen molar-refractivity contribution in [2.24, 2.45) is 0 Å². The zero-order chi connectivity index (χ0) is 19.3.